The molecule has 4 rings (SSSR count). The van der Waals surface area contributed by atoms with Crippen molar-refractivity contribution < 1.29 is 28.3 Å². The molecule has 1 aliphatic rings. The highest BCUT2D eigenvalue weighted by Gasteiger charge is 2.49. The van der Waals surface area contributed by atoms with E-state index in [2.05, 4.69) is 10.6 Å². The van der Waals surface area contributed by atoms with Crippen LogP contribution in [0.15, 0.2) is 66.9 Å². The van der Waals surface area contributed by atoms with Gasteiger partial charge in [0.2, 0.25) is 5.91 Å². The molecular formula is C29H32F2N4O4S. The Labute approximate surface area is 235 Å². The first kappa shape index (κ1) is 29.3. The van der Waals surface area contributed by atoms with Crippen molar-refractivity contribution >= 4 is 29.5 Å². The molecule has 1 fully saturated rings. The number of aryl methyl sites for hydroxylation is 1. The van der Waals surface area contributed by atoms with Crippen molar-refractivity contribution in [1.29, 1.82) is 0 Å². The third-order valence-electron chi connectivity index (χ3n) is 7.00. The maximum atomic E-state index is 14.1. The molecule has 3 unspecified atom stereocenters. The fourth-order valence-corrected chi connectivity index (χ4v) is 5.92. The Morgan fingerprint density at radius 1 is 1.05 bits per heavy atom. The second kappa shape index (κ2) is 12.2. The number of nitrogens with one attached hydrogen (secondary N) is 2. The van der Waals surface area contributed by atoms with Crippen molar-refractivity contribution in [3.8, 4) is 0 Å². The molecule has 0 bridgehead atoms. The van der Waals surface area contributed by atoms with Gasteiger partial charge in [-0.25, -0.2) is 8.78 Å². The monoisotopic (exact) mass is 570 g/mol. The van der Waals surface area contributed by atoms with E-state index in [1.54, 1.807) is 43.8 Å². The molecule has 0 saturated carbocycles. The average Bonchev–Trinajstić information content (AvgIpc) is 3.49. The summed E-state index contributed by atoms with van der Waals surface area (Å²) in [5, 5.41) is 16.6. The van der Waals surface area contributed by atoms with E-state index in [0.29, 0.717) is 5.69 Å². The quantitative estimate of drug-likeness (QED) is 0.367. The molecule has 8 nitrogen and oxygen atoms in total. The summed E-state index contributed by atoms with van der Waals surface area (Å²) in [6, 6.07) is 13.9. The van der Waals surface area contributed by atoms with E-state index >= 15 is 0 Å². The molecule has 212 valence electrons. The Morgan fingerprint density at radius 3 is 2.35 bits per heavy atom. The van der Waals surface area contributed by atoms with Crippen molar-refractivity contribution in [3.05, 3.63) is 95.3 Å². The van der Waals surface area contributed by atoms with Gasteiger partial charge in [-0.1, -0.05) is 36.4 Å². The lowest BCUT2D eigenvalue weighted by Gasteiger charge is -2.33. The van der Waals surface area contributed by atoms with Gasteiger partial charge in [-0.3, -0.25) is 14.4 Å². The van der Waals surface area contributed by atoms with Gasteiger partial charge in [-0.05, 0) is 50.1 Å². The predicted molar refractivity (Wildman–Crippen MR) is 148 cm³/mol. The fourth-order valence-electron chi connectivity index (χ4n) is 4.78. The van der Waals surface area contributed by atoms with Gasteiger partial charge in [0, 0.05) is 30.1 Å². The largest absolute Gasteiger partial charge is 0.381 e. The number of thioether (sulfide) groups is 1. The highest BCUT2D eigenvalue weighted by molar-refractivity contribution is 8.00. The van der Waals surface area contributed by atoms with Crippen LogP contribution in [0.1, 0.15) is 35.5 Å². The van der Waals surface area contributed by atoms with Crippen molar-refractivity contribution in [2.75, 3.05) is 5.88 Å². The minimum Gasteiger partial charge on any atom is -0.381 e. The summed E-state index contributed by atoms with van der Waals surface area (Å²) in [6.07, 6.45) is 0.207. The number of benzene rings is 2. The fraction of sp³-hybridized carbons (Fsp3) is 0.345. The van der Waals surface area contributed by atoms with E-state index in [1.165, 1.54) is 22.7 Å². The van der Waals surface area contributed by atoms with Crippen LogP contribution in [0.3, 0.4) is 0 Å². The number of aromatic nitrogens is 1. The summed E-state index contributed by atoms with van der Waals surface area (Å²) in [4.78, 5) is 41.3. The minimum absolute atomic E-state index is 0.110. The summed E-state index contributed by atoms with van der Waals surface area (Å²) in [5.74, 6) is -3.27. The van der Waals surface area contributed by atoms with Crippen LogP contribution in [-0.2, 0) is 29.6 Å². The lowest BCUT2D eigenvalue weighted by molar-refractivity contribution is -0.147. The van der Waals surface area contributed by atoms with Gasteiger partial charge in [0.15, 0.2) is 6.10 Å². The molecule has 3 atom stereocenters. The molecule has 3 amide bonds. The zero-order valence-corrected chi connectivity index (χ0v) is 23.3. The number of amides is 3. The van der Waals surface area contributed by atoms with E-state index in [1.807, 2.05) is 30.3 Å². The summed E-state index contributed by atoms with van der Waals surface area (Å²) < 4.78 is 29.1. The Balaban J connectivity index is 1.54. The zero-order chi connectivity index (χ0) is 29.0. The first-order valence-electron chi connectivity index (χ1n) is 12.8. The predicted octanol–water partition coefficient (Wildman–Crippen LogP) is 3.00. The van der Waals surface area contributed by atoms with E-state index in [9.17, 15) is 28.3 Å². The lowest BCUT2D eigenvalue weighted by Crippen LogP contribution is -2.58. The summed E-state index contributed by atoms with van der Waals surface area (Å²) in [7, 11) is 1.71. The van der Waals surface area contributed by atoms with Gasteiger partial charge in [0.25, 0.3) is 11.8 Å². The van der Waals surface area contributed by atoms with Crippen molar-refractivity contribution in [1.82, 2.24) is 20.1 Å². The molecular weight excluding hydrogens is 538 g/mol. The summed E-state index contributed by atoms with van der Waals surface area (Å²) >= 11 is 1.34. The van der Waals surface area contributed by atoms with Gasteiger partial charge >= 0.3 is 0 Å². The van der Waals surface area contributed by atoms with Crippen molar-refractivity contribution in [2.24, 2.45) is 7.05 Å². The minimum atomic E-state index is -1.67. The summed E-state index contributed by atoms with van der Waals surface area (Å²) in [6.45, 7) is 3.16. The number of aliphatic hydroxyl groups excluding tert-OH is 1. The highest BCUT2D eigenvalue weighted by atomic mass is 32.2. The van der Waals surface area contributed by atoms with Gasteiger partial charge in [0.1, 0.15) is 23.4 Å². The number of nitrogens with zero attached hydrogens (tertiary/aromatic N) is 2. The van der Waals surface area contributed by atoms with Crippen LogP contribution in [0, 0.1) is 11.6 Å². The number of rotatable bonds is 9. The normalized spacial score (nSPS) is 17.8. The van der Waals surface area contributed by atoms with Crippen molar-refractivity contribution in [3.63, 3.8) is 0 Å². The van der Waals surface area contributed by atoms with Gasteiger partial charge in [-0.15, -0.1) is 11.8 Å². The molecule has 3 N–H and O–H groups in total. The standard InChI is InChI=1S/C29H32F2N4O4S/c1-29(2)25(27(38)32-16-19-20(30)11-7-12-21(19)31)35(17-40-29)28(39)24(36)22(15-18-9-5-4-6-10-18)33-26(37)23-13-8-14-34(23)3/h4-14,22,24-25,36H,15-17H2,1-3H3,(H,32,38)(H,33,37). The lowest BCUT2D eigenvalue weighted by atomic mass is 9.97. The van der Waals surface area contributed by atoms with E-state index in [-0.39, 0.29) is 17.9 Å². The van der Waals surface area contributed by atoms with Crippen LogP contribution in [0.4, 0.5) is 8.78 Å². The van der Waals surface area contributed by atoms with Crippen LogP contribution in [-0.4, -0.2) is 61.1 Å². The van der Waals surface area contributed by atoms with Crippen LogP contribution in [0.5, 0.6) is 0 Å². The molecule has 2 heterocycles. The number of halogens is 2. The molecule has 11 heteroatoms. The van der Waals surface area contributed by atoms with E-state index in [0.717, 1.165) is 17.7 Å². The first-order valence-corrected chi connectivity index (χ1v) is 13.8. The molecule has 40 heavy (non-hydrogen) atoms. The Kier molecular flexibility index (Phi) is 8.95. The van der Waals surface area contributed by atoms with Crippen molar-refractivity contribution in [2.45, 2.75) is 49.7 Å². The first-order chi connectivity index (χ1) is 19.0. The molecule has 1 aromatic heterocycles. The van der Waals surface area contributed by atoms with E-state index < -0.39 is 58.8 Å². The van der Waals surface area contributed by atoms with Gasteiger partial charge < -0.3 is 25.2 Å². The van der Waals surface area contributed by atoms with Crippen LogP contribution < -0.4 is 10.6 Å². The van der Waals surface area contributed by atoms with Crippen LogP contribution >= 0.6 is 11.8 Å². The van der Waals surface area contributed by atoms with Gasteiger partial charge in [-0.2, -0.15) is 0 Å². The molecule has 1 aliphatic heterocycles. The molecule has 0 aliphatic carbocycles. The molecule has 3 aromatic rings. The Bertz CT molecular complexity index is 1360. The number of carbonyl (C=O) groups excluding carboxylic acids is 3. The maximum absolute atomic E-state index is 14.1. The number of aliphatic hydroxyl groups is 1. The molecule has 1 saturated heterocycles. The molecule has 0 radical (unpaired) electrons. The number of hydrogen-bond donors (Lipinski definition) is 3. The maximum Gasteiger partial charge on any atom is 0.268 e. The molecule has 2 aromatic carbocycles. The second-order valence-electron chi connectivity index (χ2n) is 10.2. The average molecular weight is 571 g/mol. The van der Waals surface area contributed by atoms with Gasteiger partial charge in [0.05, 0.1) is 11.9 Å². The third-order valence-corrected chi connectivity index (χ3v) is 8.38. The van der Waals surface area contributed by atoms with E-state index in [4.69, 9.17) is 0 Å². The SMILES string of the molecule is Cn1cccc1C(=O)NC(Cc1ccccc1)C(O)C(=O)N1CSC(C)(C)C1C(=O)NCc1c(F)cccc1F. The Morgan fingerprint density at radius 2 is 1.73 bits per heavy atom. The Hall–Kier alpha value is -3.70. The smallest absolute Gasteiger partial charge is 0.268 e. The second-order valence-corrected chi connectivity index (χ2v) is 11.8. The number of carbonyl (C=O) groups is 3. The number of hydrogen-bond acceptors (Lipinski definition) is 5. The third kappa shape index (κ3) is 6.37. The summed E-state index contributed by atoms with van der Waals surface area (Å²) in [5.41, 5.74) is 0.862. The topological polar surface area (TPSA) is 104 Å². The van der Waals surface area contributed by atoms with Crippen LogP contribution in [0.25, 0.3) is 0 Å². The zero-order valence-electron chi connectivity index (χ0n) is 22.4. The highest BCUT2D eigenvalue weighted by Crippen LogP contribution is 2.40. The van der Waals surface area contributed by atoms with Crippen LogP contribution in [0.2, 0.25) is 0 Å². The molecule has 0 spiro atoms.